The quantitative estimate of drug-likeness (QED) is 0.272. The van der Waals surface area contributed by atoms with Gasteiger partial charge in [0, 0.05) is 6.54 Å². The molecule has 0 radical (unpaired) electrons. The Kier molecular flexibility index (Phi) is 8.91. The van der Waals surface area contributed by atoms with Crippen molar-refractivity contribution in [3.63, 3.8) is 0 Å². The minimum Gasteiger partial charge on any atom is -0.480 e. The Balaban J connectivity index is 1.75. The Hall–Kier alpha value is -3.18. The summed E-state index contributed by atoms with van der Waals surface area (Å²) in [5, 5.41) is 17.5. The van der Waals surface area contributed by atoms with Gasteiger partial charge < -0.3 is 31.7 Å². The van der Waals surface area contributed by atoms with Crippen LogP contribution in [0.15, 0.2) is 0 Å². The van der Waals surface area contributed by atoms with Gasteiger partial charge in [-0.1, -0.05) is 39.0 Å². The van der Waals surface area contributed by atoms with Crippen molar-refractivity contribution in [3.8, 4) is 0 Å². The van der Waals surface area contributed by atoms with E-state index in [2.05, 4.69) is 16.0 Å². The highest BCUT2D eigenvalue weighted by molar-refractivity contribution is 6.36. The maximum atomic E-state index is 13.8. The van der Waals surface area contributed by atoms with Crippen molar-refractivity contribution in [2.45, 2.75) is 88.8 Å². The second-order valence-corrected chi connectivity index (χ2v) is 10.4. The van der Waals surface area contributed by atoms with Crippen LogP contribution >= 0.6 is 0 Å². The molecule has 0 aromatic carbocycles. The first-order valence-corrected chi connectivity index (χ1v) is 12.8. The molecule has 0 spiro atoms. The van der Waals surface area contributed by atoms with Crippen molar-refractivity contribution in [1.82, 2.24) is 20.9 Å². The summed E-state index contributed by atoms with van der Waals surface area (Å²) >= 11 is 0. The van der Waals surface area contributed by atoms with Crippen molar-refractivity contribution in [3.05, 3.63) is 0 Å². The third-order valence-electron chi connectivity index (χ3n) is 7.69. The van der Waals surface area contributed by atoms with Crippen LogP contribution in [0.25, 0.3) is 0 Å². The predicted octanol–water partition coefficient (Wildman–Crippen LogP) is 0.0395. The molecule has 12 heteroatoms. The first kappa shape index (κ1) is 27.4. The highest BCUT2D eigenvalue weighted by atomic mass is 16.4. The molecule has 0 bridgehead atoms. The van der Waals surface area contributed by atoms with Crippen LogP contribution in [0.1, 0.15) is 71.1 Å². The number of carboxylic acid groups (broad SMARTS) is 1. The summed E-state index contributed by atoms with van der Waals surface area (Å²) in [4.78, 5) is 75.4. The number of hydrogen-bond acceptors (Lipinski definition) is 6. The summed E-state index contributed by atoms with van der Waals surface area (Å²) < 4.78 is 0. The molecule has 3 fully saturated rings. The number of carbonyl (C=O) groups is 6. The molecule has 3 rings (SSSR count). The number of amides is 5. The van der Waals surface area contributed by atoms with Gasteiger partial charge >= 0.3 is 12.0 Å². The van der Waals surface area contributed by atoms with Gasteiger partial charge in [-0.2, -0.15) is 0 Å². The number of carbonyl (C=O) groups excluding carboxylic acids is 5. The van der Waals surface area contributed by atoms with Gasteiger partial charge in [-0.05, 0) is 43.9 Å². The summed E-state index contributed by atoms with van der Waals surface area (Å²) in [7, 11) is 0. The number of hydrogen-bond donors (Lipinski definition) is 5. The third kappa shape index (κ3) is 6.33. The Labute approximate surface area is 210 Å². The summed E-state index contributed by atoms with van der Waals surface area (Å²) in [6, 6.07) is -2.47. The van der Waals surface area contributed by atoms with E-state index in [-0.39, 0.29) is 11.8 Å². The number of likely N-dealkylation sites (tertiary alicyclic amines) is 1. The van der Waals surface area contributed by atoms with Crippen molar-refractivity contribution >= 4 is 35.5 Å². The average molecular weight is 508 g/mol. The number of Topliss-reactive ketones (excluding diaryl/α,β-unsaturated/α-hetero) is 1. The van der Waals surface area contributed by atoms with Crippen LogP contribution < -0.4 is 21.7 Å². The maximum Gasteiger partial charge on any atom is 0.329 e. The van der Waals surface area contributed by atoms with Crippen molar-refractivity contribution in [2.75, 3.05) is 13.1 Å². The van der Waals surface area contributed by atoms with Gasteiger partial charge in [0.05, 0.1) is 6.54 Å². The molecule has 2 saturated carbocycles. The highest BCUT2D eigenvalue weighted by Gasteiger charge is 2.45. The number of nitrogens with zero attached hydrogens (tertiary/aromatic N) is 1. The number of aliphatic carboxylic acids is 1. The molecule has 2 aliphatic carbocycles. The second-order valence-electron chi connectivity index (χ2n) is 10.4. The number of carboxylic acids is 1. The first-order chi connectivity index (χ1) is 17.0. The molecule has 36 heavy (non-hydrogen) atoms. The Morgan fingerprint density at radius 1 is 1.03 bits per heavy atom. The van der Waals surface area contributed by atoms with E-state index in [1.807, 2.05) is 6.92 Å². The fourth-order valence-electron chi connectivity index (χ4n) is 5.70. The van der Waals surface area contributed by atoms with E-state index in [1.54, 1.807) is 0 Å². The molecule has 0 unspecified atom stereocenters. The summed E-state index contributed by atoms with van der Waals surface area (Å²) in [5.74, 6) is -4.29. The molecular weight excluding hydrogens is 470 g/mol. The van der Waals surface area contributed by atoms with Crippen LogP contribution in [0.4, 0.5) is 4.79 Å². The van der Waals surface area contributed by atoms with Gasteiger partial charge in [0.15, 0.2) is 0 Å². The predicted molar refractivity (Wildman–Crippen MR) is 127 cm³/mol. The lowest BCUT2D eigenvalue weighted by atomic mass is 9.83. The molecule has 12 nitrogen and oxygen atoms in total. The Morgan fingerprint density at radius 2 is 1.67 bits per heavy atom. The summed E-state index contributed by atoms with van der Waals surface area (Å²) in [6.45, 7) is 1.64. The van der Waals surface area contributed by atoms with E-state index in [0.717, 1.165) is 32.1 Å². The monoisotopic (exact) mass is 507 g/mol. The molecule has 1 heterocycles. The maximum absolute atomic E-state index is 13.8. The van der Waals surface area contributed by atoms with E-state index in [1.165, 1.54) is 4.90 Å². The van der Waals surface area contributed by atoms with Gasteiger partial charge in [0.2, 0.25) is 17.6 Å². The fourth-order valence-corrected chi connectivity index (χ4v) is 5.70. The van der Waals surface area contributed by atoms with Crippen LogP contribution in [0.2, 0.25) is 0 Å². The van der Waals surface area contributed by atoms with Gasteiger partial charge in [0.1, 0.15) is 17.6 Å². The number of urea groups is 1. The molecule has 1 saturated heterocycles. The molecule has 0 aromatic heterocycles. The van der Waals surface area contributed by atoms with Gasteiger partial charge in [-0.25, -0.2) is 9.59 Å². The minimum absolute atomic E-state index is 0.00569. The normalized spacial score (nSPS) is 24.5. The first-order valence-electron chi connectivity index (χ1n) is 12.8. The van der Waals surface area contributed by atoms with E-state index in [4.69, 9.17) is 5.73 Å². The zero-order chi connectivity index (χ0) is 26.5. The average Bonchev–Trinajstić information content (AvgIpc) is 3.48. The largest absolute Gasteiger partial charge is 0.480 e. The van der Waals surface area contributed by atoms with Crippen LogP contribution in [-0.4, -0.2) is 76.2 Å². The standard InChI is InChI=1S/C24H37N5O7/c1-14-11-16(20(32)26-12-17(30)19(25)31)29(13-14)21(33)18(15-7-3-2-4-8-15)27-23(36)28-24(22(34)35)9-5-6-10-24/h14-16,18H,2-13H2,1H3,(H2,25,31)(H,26,32)(H,34,35)(H2,27,28,36)/t14-,16+,18+/m1/s1. The number of rotatable bonds is 9. The molecule has 6 N–H and O–H groups in total. The van der Waals surface area contributed by atoms with E-state index in [9.17, 15) is 33.9 Å². The third-order valence-corrected chi connectivity index (χ3v) is 7.69. The summed E-state index contributed by atoms with van der Waals surface area (Å²) in [5.41, 5.74) is 3.60. The van der Waals surface area contributed by atoms with Crippen LogP contribution in [0, 0.1) is 11.8 Å². The zero-order valence-corrected chi connectivity index (χ0v) is 20.7. The van der Waals surface area contributed by atoms with E-state index >= 15 is 0 Å². The SMILES string of the molecule is C[C@@H]1C[C@@H](C(=O)NCC(=O)C(N)=O)N(C(=O)[C@@H](NC(=O)NC2(C(=O)O)CCCC2)C2CCCCC2)C1. The Morgan fingerprint density at radius 3 is 2.25 bits per heavy atom. The number of nitrogens with two attached hydrogens (primary N) is 1. The highest BCUT2D eigenvalue weighted by Crippen LogP contribution is 2.32. The smallest absolute Gasteiger partial charge is 0.329 e. The van der Waals surface area contributed by atoms with Gasteiger partial charge in [0.25, 0.3) is 5.91 Å². The van der Waals surface area contributed by atoms with Crippen molar-refractivity contribution in [2.24, 2.45) is 17.6 Å². The number of ketones is 1. The van der Waals surface area contributed by atoms with Gasteiger partial charge in [-0.15, -0.1) is 0 Å². The lowest BCUT2D eigenvalue weighted by molar-refractivity contribution is -0.144. The number of primary amides is 1. The van der Waals surface area contributed by atoms with Crippen LogP contribution in [-0.2, 0) is 24.0 Å². The minimum atomic E-state index is -1.35. The summed E-state index contributed by atoms with van der Waals surface area (Å²) in [6.07, 6.45) is 6.72. The fraction of sp³-hybridized carbons (Fsp3) is 0.750. The van der Waals surface area contributed by atoms with E-state index < -0.39 is 59.7 Å². The lowest BCUT2D eigenvalue weighted by Gasteiger charge is -2.35. The molecule has 0 aromatic rings. The molecule has 1 aliphatic heterocycles. The Bertz CT molecular complexity index is 895. The topological polar surface area (TPSA) is 188 Å². The van der Waals surface area contributed by atoms with Crippen LogP contribution in [0.5, 0.6) is 0 Å². The second kappa shape index (κ2) is 11.7. The molecule has 3 atom stereocenters. The van der Waals surface area contributed by atoms with Crippen LogP contribution in [0.3, 0.4) is 0 Å². The van der Waals surface area contributed by atoms with Crippen molar-refractivity contribution in [1.29, 1.82) is 0 Å². The molecule has 200 valence electrons. The van der Waals surface area contributed by atoms with E-state index in [0.29, 0.717) is 38.6 Å². The molecule has 3 aliphatic rings. The molecule has 5 amide bonds. The molecular formula is C24H37N5O7. The van der Waals surface area contributed by atoms with Crippen molar-refractivity contribution < 1.29 is 33.9 Å². The lowest BCUT2D eigenvalue weighted by Crippen LogP contribution is -2.61. The zero-order valence-electron chi connectivity index (χ0n) is 20.7. The number of nitrogens with one attached hydrogen (secondary N) is 3. The van der Waals surface area contributed by atoms with Gasteiger partial charge in [-0.3, -0.25) is 19.2 Å².